The average molecular weight is 449 g/mol. The van der Waals surface area contributed by atoms with Crippen LogP contribution < -0.4 is 0 Å². The molecule has 2 fully saturated rings. The first-order chi connectivity index (χ1) is 14.6. The van der Waals surface area contributed by atoms with Gasteiger partial charge in [-0.05, 0) is 50.6 Å². The molecule has 3 heterocycles. The highest BCUT2D eigenvalue weighted by atomic mass is 35.5. The molecule has 0 N–H and O–H groups in total. The van der Waals surface area contributed by atoms with Crippen LogP contribution in [0.25, 0.3) is 5.69 Å². The molecule has 0 aliphatic carbocycles. The molecule has 2 aromatic rings. The maximum absolute atomic E-state index is 12.7. The number of nitrogens with zero attached hydrogens (tertiary/aromatic N) is 6. The Balaban J connectivity index is 1.25. The van der Waals surface area contributed by atoms with E-state index in [9.17, 15) is 4.79 Å². The van der Waals surface area contributed by atoms with Crippen LogP contribution in [0.1, 0.15) is 18.4 Å². The molecular weight excluding hydrogens is 420 g/mol. The van der Waals surface area contributed by atoms with E-state index in [1.165, 1.54) is 37.7 Å². The van der Waals surface area contributed by atoms with Crippen molar-refractivity contribution in [2.75, 3.05) is 58.1 Å². The second-order valence-electron chi connectivity index (χ2n) is 7.98. The minimum atomic E-state index is 0.163. The van der Waals surface area contributed by atoms with Crippen molar-refractivity contribution in [1.29, 1.82) is 0 Å². The molecule has 1 aromatic heterocycles. The molecule has 0 radical (unpaired) electrons. The Hall–Kier alpha value is -1.61. The van der Waals surface area contributed by atoms with Gasteiger partial charge in [-0.3, -0.25) is 14.3 Å². The zero-order valence-corrected chi connectivity index (χ0v) is 19.0. The van der Waals surface area contributed by atoms with Gasteiger partial charge in [-0.15, -0.1) is 10.2 Å². The van der Waals surface area contributed by atoms with Gasteiger partial charge in [0.15, 0.2) is 5.16 Å². The van der Waals surface area contributed by atoms with Gasteiger partial charge in [0, 0.05) is 44.3 Å². The van der Waals surface area contributed by atoms with Gasteiger partial charge in [0.2, 0.25) is 5.91 Å². The van der Waals surface area contributed by atoms with Crippen molar-refractivity contribution in [3.63, 3.8) is 0 Å². The van der Waals surface area contributed by atoms with Crippen molar-refractivity contribution in [3.8, 4) is 5.69 Å². The molecule has 1 amide bonds. The van der Waals surface area contributed by atoms with E-state index < -0.39 is 0 Å². The van der Waals surface area contributed by atoms with Crippen LogP contribution >= 0.6 is 23.4 Å². The summed E-state index contributed by atoms with van der Waals surface area (Å²) in [7, 11) is 0. The number of carbonyl (C=O) groups excluding carboxylic acids is 1. The van der Waals surface area contributed by atoms with Crippen molar-refractivity contribution in [3.05, 3.63) is 35.1 Å². The second-order valence-corrected chi connectivity index (χ2v) is 9.33. The van der Waals surface area contributed by atoms with Crippen LogP contribution in [-0.2, 0) is 4.79 Å². The van der Waals surface area contributed by atoms with E-state index in [1.807, 2.05) is 34.6 Å². The molecule has 7 nitrogen and oxygen atoms in total. The normalized spacial score (nSPS) is 18.3. The summed E-state index contributed by atoms with van der Waals surface area (Å²) in [5.74, 6) is 0.530. The molecule has 0 atom stereocenters. The molecule has 9 heteroatoms. The quantitative estimate of drug-likeness (QED) is 0.607. The molecule has 0 spiro atoms. The second kappa shape index (κ2) is 10.1. The highest BCUT2D eigenvalue weighted by molar-refractivity contribution is 7.99. The number of carbonyl (C=O) groups is 1. The summed E-state index contributed by atoms with van der Waals surface area (Å²) in [4.78, 5) is 19.7. The van der Waals surface area contributed by atoms with Crippen molar-refractivity contribution in [2.24, 2.45) is 0 Å². The zero-order valence-electron chi connectivity index (χ0n) is 17.5. The van der Waals surface area contributed by atoms with E-state index in [4.69, 9.17) is 11.6 Å². The zero-order chi connectivity index (χ0) is 20.9. The van der Waals surface area contributed by atoms with Gasteiger partial charge in [-0.1, -0.05) is 29.4 Å². The fourth-order valence-electron chi connectivity index (χ4n) is 3.96. The Labute approximate surface area is 187 Å². The number of amides is 1. The standard InChI is InChI=1S/C21H29ClN6OS/c1-17-4-5-18(14-19(17)22)28-16-23-24-21(28)30-15-20(29)27-12-10-26(11-13-27)9-8-25-6-2-3-7-25/h4-5,14,16H,2-3,6-13,15H2,1H3. The molecule has 30 heavy (non-hydrogen) atoms. The molecule has 0 unspecified atom stereocenters. The Morgan fingerprint density at radius 2 is 1.77 bits per heavy atom. The smallest absolute Gasteiger partial charge is 0.233 e. The van der Waals surface area contributed by atoms with E-state index in [-0.39, 0.29) is 5.91 Å². The van der Waals surface area contributed by atoms with E-state index in [2.05, 4.69) is 20.0 Å². The van der Waals surface area contributed by atoms with Crippen LogP contribution in [-0.4, -0.2) is 93.5 Å². The van der Waals surface area contributed by atoms with Crippen LogP contribution in [0.2, 0.25) is 5.02 Å². The minimum absolute atomic E-state index is 0.163. The van der Waals surface area contributed by atoms with Gasteiger partial charge >= 0.3 is 0 Å². The van der Waals surface area contributed by atoms with Gasteiger partial charge in [0.1, 0.15) is 6.33 Å². The highest BCUT2D eigenvalue weighted by Crippen LogP contribution is 2.24. The summed E-state index contributed by atoms with van der Waals surface area (Å²) in [5.41, 5.74) is 1.93. The van der Waals surface area contributed by atoms with Crippen LogP contribution in [0.15, 0.2) is 29.7 Å². The lowest BCUT2D eigenvalue weighted by Crippen LogP contribution is -2.50. The lowest BCUT2D eigenvalue weighted by atomic mass is 10.2. The third-order valence-corrected chi connectivity index (χ3v) is 7.27. The topological polar surface area (TPSA) is 57.5 Å². The summed E-state index contributed by atoms with van der Waals surface area (Å²) in [6.45, 7) is 10.3. The molecule has 0 bridgehead atoms. The monoisotopic (exact) mass is 448 g/mol. The van der Waals surface area contributed by atoms with Crippen molar-refractivity contribution >= 4 is 29.3 Å². The molecule has 162 valence electrons. The van der Waals surface area contributed by atoms with E-state index in [1.54, 1.807) is 6.33 Å². The molecule has 0 saturated carbocycles. The highest BCUT2D eigenvalue weighted by Gasteiger charge is 2.22. The van der Waals surface area contributed by atoms with Gasteiger partial charge < -0.3 is 9.80 Å². The first-order valence-electron chi connectivity index (χ1n) is 10.6. The summed E-state index contributed by atoms with van der Waals surface area (Å²) in [6, 6.07) is 5.85. The van der Waals surface area contributed by atoms with Crippen LogP contribution in [0.3, 0.4) is 0 Å². The summed E-state index contributed by atoms with van der Waals surface area (Å²) in [5, 5.41) is 9.61. The number of hydrogen-bond acceptors (Lipinski definition) is 6. The number of rotatable bonds is 7. The SMILES string of the molecule is Cc1ccc(-n2cnnc2SCC(=O)N2CCN(CCN3CCCC3)CC2)cc1Cl. The first-order valence-corrected chi connectivity index (χ1v) is 12.0. The average Bonchev–Trinajstić information content (AvgIpc) is 3.45. The summed E-state index contributed by atoms with van der Waals surface area (Å²) >= 11 is 7.68. The number of benzene rings is 1. The van der Waals surface area contributed by atoms with Gasteiger partial charge in [-0.2, -0.15) is 0 Å². The Morgan fingerprint density at radius 1 is 1.07 bits per heavy atom. The number of hydrogen-bond donors (Lipinski definition) is 0. The number of aromatic nitrogens is 3. The largest absolute Gasteiger partial charge is 0.339 e. The van der Waals surface area contributed by atoms with Crippen molar-refractivity contribution in [1.82, 2.24) is 29.5 Å². The van der Waals surface area contributed by atoms with Gasteiger partial charge in [-0.25, -0.2) is 0 Å². The fourth-order valence-corrected chi connectivity index (χ4v) is 4.97. The van der Waals surface area contributed by atoms with E-state index >= 15 is 0 Å². The van der Waals surface area contributed by atoms with Gasteiger partial charge in [0.05, 0.1) is 11.4 Å². The number of piperazine rings is 1. The fraction of sp³-hybridized carbons (Fsp3) is 0.571. The third-order valence-electron chi connectivity index (χ3n) is 5.93. The molecule has 1 aromatic carbocycles. The number of aryl methyl sites for hydroxylation is 1. The van der Waals surface area contributed by atoms with E-state index in [0.717, 1.165) is 50.5 Å². The molecule has 4 rings (SSSR count). The van der Waals surface area contributed by atoms with Crippen LogP contribution in [0.4, 0.5) is 0 Å². The maximum Gasteiger partial charge on any atom is 0.233 e. The lowest BCUT2D eigenvalue weighted by Gasteiger charge is -2.35. The number of likely N-dealkylation sites (tertiary alicyclic amines) is 1. The van der Waals surface area contributed by atoms with E-state index in [0.29, 0.717) is 15.9 Å². The van der Waals surface area contributed by atoms with Crippen molar-refractivity contribution in [2.45, 2.75) is 24.9 Å². The first kappa shape index (κ1) is 21.6. The molecule has 2 aliphatic rings. The Bertz CT molecular complexity index is 861. The Kier molecular flexibility index (Phi) is 7.30. The summed E-state index contributed by atoms with van der Waals surface area (Å²) < 4.78 is 1.87. The predicted octanol–water partition coefficient (Wildman–Crippen LogP) is 2.56. The number of thioether (sulfide) groups is 1. The predicted molar refractivity (Wildman–Crippen MR) is 121 cm³/mol. The van der Waals surface area contributed by atoms with Crippen LogP contribution in [0.5, 0.6) is 0 Å². The van der Waals surface area contributed by atoms with Gasteiger partial charge in [0.25, 0.3) is 0 Å². The van der Waals surface area contributed by atoms with Crippen LogP contribution in [0, 0.1) is 6.92 Å². The molecular formula is C21H29ClN6OS. The van der Waals surface area contributed by atoms with Crippen molar-refractivity contribution < 1.29 is 4.79 Å². The minimum Gasteiger partial charge on any atom is -0.339 e. The third kappa shape index (κ3) is 5.35. The maximum atomic E-state index is 12.7. The lowest BCUT2D eigenvalue weighted by molar-refractivity contribution is -0.130. The number of halogens is 1. The summed E-state index contributed by atoms with van der Waals surface area (Å²) in [6.07, 6.45) is 4.34. The Morgan fingerprint density at radius 3 is 2.47 bits per heavy atom. The molecule has 2 saturated heterocycles. The molecule has 2 aliphatic heterocycles.